The van der Waals surface area contributed by atoms with E-state index in [1.54, 1.807) is 30.3 Å². The molecule has 0 bridgehead atoms. The van der Waals surface area contributed by atoms with Gasteiger partial charge in [-0.15, -0.1) is 0 Å². The van der Waals surface area contributed by atoms with Crippen molar-refractivity contribution in [3.05, 3.63) is 75.1 Å². The van der Waals surface area contributed by atoms with Gasteiger partial charge in [0, 0.05) is 22.0 Å². The quantitative estimate of drug-likeness (QED) is 0.460. The molecule has 2 aromatic carbocycles. The lowest BCUT2D eigenvalue weighted by Gasteiger charge is -2.12. The summed E-state index contributed by atoms with van der Waals surface area (Å²) in [5.74, 6) is -0.309. The first-order valence-corrected chi connectivity index (χ1v) is 7.03. The number of nitro groups is 1. The summed E-state index contributed by atoms with van der Waals surface area (Å²) in [6, 6.07) is 11.4. The van der Waals surface area contributed by atoms with Crippen LogP contribution in [0.5, 0.6) is 0 Å². The summed E-state index contributed by atoms with van der Waals surface area (Å²) in [6.07, 6.45) is 0.359. The van der Waals surface area contributed by atoms with Gasteiger partial charge < -0.3 is 0 Å². The fourth-order valence-corrected chi connectivity index (χ4v) is 2.77. The Balaban J connectivity index is 2.30. The lowest BCUT2D eigenvalue weighted by Crippen LogP contribution is -2.02. The number of rotatable bonds is 4. The van der Waals surface area contributed by atoms with Gasteiger partial charge in [0.15, 0.2) is 0 Å². The maximum atomic E-state index is 13.8. The molecule has 0 N–H and O–H groups in total. The summed E-state index contributed by atoms with van der Waals surface area (Å²) in [7, 11) is 0. The molecule has 5 heteroatoms. The maximum absolute atomic E-state index is 13.8. The molecule has 0 spiro atoms. The molecule has 0 aliphatic carbocycles. The van der Waals surface area contributed by atoms with Crippen molar-refractivity contribution in [1.29, 1.82) is 0 Å². The number of para-hydroxylation sites is 1. The molecule has 1 atom stereocenters. The van der Waals surface area contributed by atoms with E-state index in [4.69, 9.17) is 0 Å². The van der Waals surface area contributed by atoms with Gasteiger partial charge in [-0.25, -0.2) is 4.39 Å². The van der Waals surface area contributed by atoms with Crippen LogP contribution in [0.25, 0.3) is 0 Å². The van der Waals surface area contributed by atoms with Crippen LogP contribution in [0.1, 0.15) is 21.5 Å². The molecule has 104 valence electrons. The Morgan fingerprint density at radius 3 is 2.70 bits per heavy atom. The Bertz CT molecular complexity index is 646. The van der Waals surface area contributed by atoms with E-state index in [-0.39, 0.29) is 16.3 Å². The standard InChI is InChI=1S/C15H13BrFNO2/c1-10-6-7-14(17)12(8-10)13(16)9-11-4-2-3-5-15(11)18(19)20/h2-8,13H,9H2,1H3. The van der Waals surface area contributed by atoms with Crippen LogP contribution in [0.15, 0.2) is 42.5 Å². The number of hydrogen-bond acceptors (Lipinski definition) is 2. The minimum Gasteiger partial charge on any atom is -0.258 e. The molecular formula is C15H13BrFNO2. The van der Waals surface area contributed by atoms with Crippen molar-refractivity contribution in [2.75, 3.05) is 0 Å². The Hall–Kier alpha value is -1.75. The third kappa shape index (κ3) is 3.22. The Labute approximate surface area is 124 Å². The van der Waals surface area contributed by atoms with Crippen molar-refractivity contribution >= 4 is 21.6 Å². The fraction of sp³-hybridized carbons (Fsp3) is 0.200. The molecule has 3 nitrogen and oxygen atoms in total. The molecule has 0 aromatic heterocycles. The van der Waals surface area contributed by atoms with E-state index in [1.807, 2.05) is 6.92 Å². The van der Waals surface area contributed by atoms with Gasteiger partial charge >= 0.3 is 0 Å². The molecule has 0 aliphatic rings. The van der Waals surface area contributed by atoms with Crippen molar-refractivity contribution < 1.29 is 9.31 Å². The smallest absolute Gasteiger partial charge is 0.258 e. The fourth-order valence-electron chi connectivity index (χ4n) is 2.07. The SMILES string of the molecule is Cc1ccc(F)c(C(Br)Cc2ccccc2[N+](=O)[O-])c1. The number of hydrogen-bond donors (Lipinski definition) is 0. The van der Waals surface area contributed by atoms with Crippen LogP contribution >= 0.6 is 15.9 Å². The highest BCUT2D eigenvalue weighted by atomic mass is 79.9. The summed E-state index contributed by atoms with van der Waals surface area (Å²) in [6.45, 7) is 1.88. The zero-order valence-electron chi connectivity index (χ0n) is 10.8. The van der Waals surface area contributed by atoms with Crippen LogP contribution in [0, 0.1) is 22.9 Å². The minimum atomic E-state index is -0.415. The highest BCUT2D eigenvalue weighted by molar-refractivity contribution is 9.09. The molecule has 0 saturated carbocycles. The largest absolute Gasteiger partial charge is 0.272 e. The highest BCUT2D eigenvalue weighted by Gasteiger charge is 2.19. The van der Waals surface area contributed by atoms with Crippen LogP contribution in [0.2, 0.25) is 0 Å². The van der Waals surface area contributed by atoms with Gasteiger partial charge in [0.2, 0.25) is 0 Å². The van der Waals surface area contributed by atoms with Crippen LogP contribution < -0.4 is 0 Å². The first kappa shape index (κ1) is 14.7. The third-order valence-corrected chi connectivity index (χ3v) is 3.89. The molecule has 1 unspecified atom stereocenters. The normalized spacial score (nSPS) is 12.2. The first-order valence-electron chi connectivity index (χ1n) is 6.11. The number of benzene rings is 2. The van der Waals surface area contributed by atoms with Gasteiger partial charge in [0.05, 0.1) is 4.92 Å². The third-order valence-electron chi connectivity index (χ3n) is 3.08. The summed E-state index contributed by atoms with van der Waals surface area (Å²) >= 11 is 3.43. The lowest BCUT2D eigenvalue weighted by molar-refractivity contribution is -0.385. The number of nitro benzene ring substituents is 1. The van der Waals surface area contributed by atoms with Gasteiger partial charge in [0.1, 0.15) is 5.82 Å². The number of nitrogens with zero attached hydrogens (tertiary/aromatic N) is 1. The summed E-state index contributed by atoms with van der Waals surface area (Å²) in [5.41, 5.74) is 2.11. The van der Waals surface area contributed by atoms with E-state index >= 15 is 0 Å². The van der Waals surface area contributed by atoms with Crippen molar-refractivity contribution in [2.24, 2.45) is 0 Å². The van der Waals surface area contributed by atoms with Crippen LogP contribution in [-0.2, 0) is 6.42 Å². The van der Waals surface area contributed by atoms with Gasteiger partial charge in [0.25, 0.3) is 5.69 Å². The number of alkyl halides is 1. The van der Waals surface area contributed by atoms with E-state index in [0.29, 0.717) is 17.5 Å². The van der Waals surface area contributed by atoms with E-state index < -0.39 is 4.92 Å². The van der Waals surface area contributed by atoms with Crippen LogP contribution in [-0.4, -0.2) is 4.92 Å². The predicted molar refractivity (Wildman–Crippen MR) is 79.6 cm³/mol. The van der Waals surface area contributed by atoms with Crippen LogP contribution in [0.4, 0.5) is 10.1 Å². The average molecular weight is 338 g/mol. The molecule has 0 fully saturated rings. The van der Waals surface area contributed by atoms with E-state index in [2.05, 4.69) is 15.9 Å². The minimum absolute atomic E-state index is 0.0602. The van der Waals surface area contributed by atoms with Crippen molar-refractivity contribution in [2.45, 2.75) is 18.2 Å². The molecule has 2 aromatic rings. The predicted octanol–water partition coefficient (Wildman–Crippen LogP) is 4.72. The van der Waals surface area contributed by atoms with Gasteiger partial charge in [-0.3, -0.25) is 10.1 Å². The molecule has 0 aliphatic heterocycles. The summed E-state index contributed by atoms with van der Waals surface area (Å²) in [5, 5.41) is 11.0. The van der Waals surface area contributed by atoms with E-state index in [9.17, 15) is 14.5 Å². The van der Waals surface area contributed by atoms with Crippen molar-refractivity contribution in [3.63, 3.8) is 0 Å². The average Bonchev–Trinajstić information content (AvgIpc) is 2.41. The Morgan fingerprint density at radius 1 is 1.30 bits per heavy atom. The zero-order valence-corrected chi connectivity index (χ0v) is 12.4. The summed E-state index contributed by atoms with van der Waals surface area (Å²) < 4.78 is 13.8. The van der Waals surface area contributed by atoms with Gasteiger partial charge in [-0.05, 0) is 19.4 Å². The highest BCUT2D eigenvalue weighted by Crippen LogP contribution is 2.32. The van der Waals surface area contributed by atoms with Gasteiger partial charge in [-0.2, -0.15) is 0 Å². The second-order valence-corrected chi connectivity index (χ2v) is 5.69. The number of aryl methyl sites for hydroxylation is 1. The Kier molecular flexibility index (Phi) is 4.49. The molecular weight excluding hydrogens is 325 g/mol. The second kappa shape index (κ2) is 6.13. The first-order chi connectivity index (χ1) is 9.49. The van der Waals surface area contributed by atoms with Gasteiger partial charge in [-0.1, -0.05) is 51.8 Å². The monoisotopic (exact) mass is 337 g/mol. The van der Waals surface area contributed by atoms with Crippen molar-refractivity contribution in [1.82, 2.24) is 0 Å². The van der Waals surface area contributed by atoms with E-state index in [0.717, 1.165) is 5.56 Å². The molecule has 0 saturated heterocycles. The zero-order chi connectivity index (χ0) is 14.7. The van der Waals surface area contributed by atoms with E-state index in [1.165, 1.54) is 12.1 Å². The lowest BCUT2D eigenvalue weighted by atomic mass is 10.0. The Morgan fingerprint density at radius 2 is 2.00 bits per heavy atom. The maximum Gasteiger partial charge on any atom is 0.272 e. The number of halogens is 2. The van der Waals surface area contributed by atoms with Crippen LogP contribution in [0.3, 0.4) is 0 Å². The second-order valence-electron chi connectivity index (χ2n) is 4.58. The molecule has 0 amide bonds. The molecule has 0 radical (unpaired) electrons. The molecule has 20 heavy (non-hydrogen) atoms. The molecule has 2 rings (SSSR count). The summed E-state index contributed by atoms with van der Waals surface area (Å²) in [4.78, 5) is 10.3. The van der Waals surface area contributed by atoms with Crippen molar-refractivity contribution in [3.8, 4) is 0 Å². The topological polar surface area (TPSA) is 43.1 Å². The molecule has 0 heterocycles.